The number of amides is 2. The van der Waals surface area contributed by atoms with Gasteiger partial charge in [0.05, 0.1) is 12.1 Å². The molecule has 0 saturated heterocycles. The number of ether oxygens (including phenoxy) is 2. The number of fused-ring (bicyclic) bond motifs is 1. The van der Waals surface area contributed by atoms with Crippen LogP contribution in [0.1, 0.15) is 46.0 Å². The first-order chi connectivity index (χ1) is 13.5. The molecule has 2 amide bonds. The highest BCUT2D eigenvalue weighted by atomic mass is 16.5. The number of hydrogen-bond acceptors (Lipinski definition) is 5. The average Bonchev–Trinajstić information content (AvgIpc) is 2.68. The lowest BCUT2D eigenvalue weighted by Gasteiger charge is -2.32. The Morgan fingerprint density at radius 3 is 2.75 bits per heavy atom. The Hall–Kier alpha value is -2.57. The Morgan fingerprint density at radius 2 is 1.96 bits per heavy atom. The Bertz CT molecular complexity index is 735. The van der Waals surface area contributed by atoms with Gasteiger partial charge in [-0.3, -0.25) is 14.4 Å². The van der Waals surface area contributed by atoms with Crippen LogP contribution in [0.3, 0.4) is 0 Å². The SMILES string of the molecule is CC1Oc2ccccc2N(CCC(=O)OCC(=O)NC2CCCCC2C)C1=O. The molecule has 1 heterocycles. The molecule has 1 fully saturated rings. The predicted molar refractivity (Wildman–Crippen MR) is 104 cm³/mol. The highest BCUT2D eigenvalue weighted by molar-refractivity contribution is 6.00. The van der Waals surface area contributed by atoms with Gasteiger partial charge in [0.1, 0.15) is 5.75 Å². The summed E-state index contributed by atoms with van der Waals surface area (Å²) < 4.78 is 10.7. The Labute approximate surface area is 165 Å². The van der Waals surface area contributed by atoms with Crippen molar-refractivity contribution in [2.45, 2.75) is 58.1 Å². The molecule has 0 aromatic heterocycles. The number of para-hydroxylation sites is 2. The number of carbonyl (C=O) groups is 3. The van der Waals surface area contributed by atoms with Crippen molar-refractivity contribution in [2.75, 3.05) is 18.1 Å². The monoisotopic (exact) mass is 388 g/mol. The van der Waals surface area contributed by atoms with E-state index in [9.17, 15) is 14.4 Å². The molecule has 28 heavy (non-hydrogen) atoms. The van der Waals surface area contributed by atoms with Gasteiger partial charge in [0.15, 0.2) is 12.7 Å². The van der Waals surface area contributed by atoms with Gasteiger partial charge in [-0.15, -0.1) is 0 Å². The first kappa shape index (κ1) is 20.2. The van der Waals surface area contributed by atoms with Crippen LogP contribution in [0.5, 0.6) is 5.75 Å². The topological polar surface area (TPSA) is 84.9 Å². The van der Waals surface area contributed by atoms with E-state index in [1.165, 1.54) is 11.3 Å². The highest BCUT2D eigenvalue weighted by Gasteiger charge is 2.31. The van der Waals surface area contributed by atoms with Crippen LogP contribution < -0.4 is 15.0 Å². The standard InChI is InChI=1S/C21H28N2O5/c1-14-7-3-4-8-16(14)22-19(24)13-27-20(25)11-12-23-17-9-5-6-10-18(17)28-15(2)21(23)26/h5-6,9-10,14-16H,3-4,7-8,11-13H2,1-2H3,(H,22,24). The molecule has 3 atom stereocenters. The third-order valence-electron chi connectivity index (χ3n) is 5.44. The van der Waals surface area contributed by atoms with E-state index in [2.05, 4.69) is 12.2 Å². The van der Waals surface area contributed by atoms with Crippen molar-refractivity contribution in [3.63, 3.8) is 0 Å². The Morgan fingerprint density at radius 1 is 1.21 bits per heavy atom. The molecule has 152 valence electrons. The largest absolute Gasteiger partial charge is 0.479 e. The molecular weight excluding hydrogens is 360 g/mol. The molecule has 0 bridgehead atoms. The normalized spacial score (nSPS) is 24.1. The lowest BCUT2D eigenvalue weighted by Crippen LogP contribution is -2.45. The van der Waals surface area contributed by atoms with Crippen molar-refractivity contribution >= 4 is 23.5 Å². The van der Waals surface area contributed by atoms with Gasteiger partial charge in [-0.1, -0.05) is 31.9 Å². The minimum Gasteiger partial charge on any atom is -0.479 e. The molecule has 7 heteroatoms. The zero-order chi connectivity index (χ0) is 20.1. The number of benzene rings is 1. The number of rotatable bonds is 6. The summed E-state index contributed by atoms with van der Waals surface area (Å²) in [5.41, 5.74) is 0.641. The summed E-state index contributed by atoms with van der Waals surface area (Å²) in [7, 11) is 0. The first-order valence-corrected chi connectivity index (χ1v) is 9.97. The molecule has 0 spiro atoms. The van der Waals surface area contributed by atoms with Gasteiger partial charge in [-0.2, -0.15) is 0 Å². The molecule has 1 aliphatic carbocycles. The van der Waals surface area contributed by atoms with E-state index >= 15 is 0 Å². The van der Waals surface area contributed by atoms with Gasteiger partial charge in [0, 0.05) is 12.6 Å². The van der Waals surface area contributed by atoms with Crippen LogP contribution in [-0.4, -0.2) is 43.1 Å². The van der Waals surface area contributed by atoms with Gasteiger partial charge in [-0.25, -0.2) is 0 Å². The molecule has 3 rings (SSSR count). The zero-order valence-electron chi connectivity index (χ0n) is 16.5. The van der Waals surface area contributed by atoms with Crippen molar-refractivity contribution in [3.05, 3.63) is 24.3 Å². The highest BCUT2D eigenvalue weighted by Crippen LogP contribution is 2.33. The van der Waals surface area contributed by atoms with E-state index < -0.39 is 12.1 Å². The maximum absolute atomic E-state index is 12.4. The number of nitrogens with zero attached hydrogens (tertiary/aromatic N) is 1. The predicted octanol–water partition coefficient (Wildman–Crippen LogP) is 2.43. The molecule has 1 N–H and O–H groups in total. The maximum Gasteiger partial charge on any atom is 0.308 e. The van der Waals surface area contributed by atoms with Gasteiger partial charge in [-0.05, 0) is 37.8 Å². The number of carbonyl (C=O) groups excluding carboxylic acids is 3. The second kappa shape index (κ2) is 9.08. The molecule has 2 aliphatic rings. The van der Waals surface area contributed by atoms with Crippen LogP contribution in [0, 0.1) is 5.92 Å². The van der Waals surface area contributed by atoms with Crippen LogP contribution in [0.25, 0.3) is 0 Å². The van der Waals surface area contributed by atoms with Crippen LogP contribution >= 0.6 is 0 Å². The summed E-state index contributed by atoms with van der Waals surface area (Å²) in [5.74, 6) is 0.0899. The van der Waals surface area contributed by atoms with Gasteiger partial charge in [0.2, 0.25) is 0 Å². The van der Waals surface area contributed by atoms with E-state index in [0.717, 1.165) is 19.3 Å². The first-order valence-electron chi connectivity index (χ1n) is 9.97. The summed E-state index contributed by atoms with van der Waals surface area (Å²) >= 11 is 0. The summed E-state index contributed by atoms with van der Waals surface area (Å²) in [4.78, 5) is 38.1. The Kier molecular flexibility index (Phi) is 6.54. The number of hydrogen-bond donors (Lipinski definition) is 1. The van der Waals surface area contributed by atoms with Gasteiger partial charge in [0.25, 0.3) is 11.8 Å². The van der Waals surface area contributed by atoms with E-state index in [1.807, 2.05) is 12.1 Å². The van der Waals surface area contributed by atoms with Crippen LogP contribution in [0.4, 0.5) is 5.69 Å². The minimum atomic E-state index is -0.603. The molecule has 7 nitrogen and oxygen atoms in total. The Balaban J connectivity index is 1.46. The fourth-order valence-electron chi connectivity index (χ4n) is 3.79. The second-order valence-corrected chi connectivity index (χ2v) is 7.56. The van der Waals surface area contributed by atoms with E-state index in [4.69, 9.17) is 9.47 Å². The lowest BCUT2D eigenvalue weighted by molar-refractivity contribution is -0.148. The summed E-state index contributed by atoms with van der Waals surface area (Å²) in [5, 5.41) is 2.96. The fourth-order valence-corrected chi connectivity index (χ4v) is 3.79. The van der Waals surface area contributed by atoms with Crippen LogP contribution in [-0.2, 0) is 19.1 Å². The quantitative estimate of drug-likeness (QED) is 0.757. The average molecular weight is 388 g/mol. The van der Waals surface area contributed by atoms with E-state index in [1.54, 1.807) is 19.1 Å². The minimum absolute atomic E-state index is 0.0138. The van der Waals surface area contributed by atoms with Crippen molar-refractivity contribution in [1.29, 1.82) is 0 Å². The van der Waals surface area contributed by atoms with Crippen molar-refractivity contribution in [3.8, 4) is 5.75 Å². The third kappa shape index (κ3) is 4.82. The molecule has 1 aromatic rings. The zero-order valence-corrected chi connectivity index (χ0v) is 16.5. The second-order valence-electron chi connectivity index (χ2n) is 7.56. The molecule has 1 saturated carbocycles. The molecular formula is C21H28N2O5. The van der Waals surface area contributed by atoms with Crippen molar-refractivity contribution in [2.24, 2.45) is 5.92 Å². The summed E-state index contributed by atoms with van der Waals surface area (Å²) in [6.45, 7) is 3.71. The maximum atomic E-state index is 12.4. The third-order valence-corrected chi connectivity index (χ3v) is 5.44. The summed E-state index contributed by atoms with van der Waals surface area (Å²) in [6, 6.07) is 7.38. The molecule has 1 aromatic carbocycles. The number of esters is 1. The van der Waals surface area contributed by atoms with Crippen molar-refractivity contribution in [1.82, 2.24) is 5.32 Å². The number of nitrogens with one attached hydrogen (secondary N) is 1. The van der Waals surface area contributed by atoms with Gasteiger partial charge < -0.3 is 19.7 Å². The summed E-state index contributed by atoms with van der Waals surface area (Å²) in [6.07, 6.45) is 3.80. The van der Waals surface area contributed by atoms with Crippen LogP contribution in [0.2, 0.25) is 0 Å². The smallest absolute Gasteiger partial charge is 0.308 e. The molecule has 1 aliphatic heterocycles. The van der Waals surface area contributed by atoms with Crippen LogP contribution in [0.15, 0.2) is 24.3 Å². The molecule has 3 unspecified atom stereocenters. The van der Waals surface area contributed by atoms with E-state index in [-0.39, 0.29) is 37.4 Å². The lowest BCUT2D eigenvalue weighted by atomic mass is 9.86. The fraction of sp³-hybridized carbons (Fsp3) is 0.571. The van der Waals surface area contributed by atoms with Crippen molar-refractivity contribution < 1.29 is 23.9 Å². The van der Waals surface area contributed by atoms with Gasteiger partial charge >= 0.3 is 5.97 Å². The number of anilines is 1. The molecule has 0 radical (unpaired) electrons. The van der Waals surface area contributed by atoms with E-state index in [0.29, 0.717) is 17.4 Å².